The van der Waals surface area contributed by atoms with Crippen LogP contribution >= 0.6 is 11.3 Å². The molecule has 39 heavy (non-hydrogen) atoms. The van der Waals surface area contributed by atoms with Gasteiger partial charge in [-0.25, -0.2) is 9.37 Å². The van der Waals surface area contributed by atoms with Gasteiger partial charge in [-0.15, -0.1) is 11.3 Å². The number of ether oxygens (including phenoxy) is 1. The van der Waals surface area contributed by atoms with Gasteiger partial charge < -0.3 is 19.0 Å². The smallest absolute Gasteiger partial charge is 0.273 e. The van der Waals surface area contributed by atoms with E-state index in [1.807, 2.05) is 29.2 Å². The largest absolute Gasteiger partial charge is 0.486 e. The molecule has 0 spiro atoms. The van der Waals surface area contributed by atoms with Crippen molar-refractivity contribution in [3.63, 3.8) is 0 Å². The van der Waals surface area contributed by atoms with Crippen molar-refractivity contribution in [3.8, 4) is 5.75 Å². The Hall–Kier alpha value is -3.98. The summed E-state index contributed by atoms with van der Waals surface area (Å²) in [6.07, 6.45) is 4.20. The highest BCUT2D eigenvalue weighted by atomic mass is 32.1. The lowest BCUT2D eigenvalue weighted by atomic mass is 9.87. The number of amides is 2. The highest BCUT2D eigenvalue weighted by Crippen LogP contribution is 2.41. The molecule has 2 amide bonds. The van der Waals surface area contributed by atoms with E-state index in [0.717, 1.165) is 36.0 Å². The molecule has 7 nitrogen and oxygen atoms in total. The van der Waals surface area contributed by atoms with E-state index in [1.54, 1.807) is 41.8 Å². The third-order valence-electron chi connectivity index (χ3n) is 7.19. The summed E-state index contributed by atoms with van der Waals surface area (Å²) >= 11 is 1.37. The molecule has 1 aliphatic carbocycles. The van der Waals surface area contributed by atoms with Crippen LogP contribution in [0, 0.1) is 11.7 Å². The lowest BCUT2D eigenvalue weighted by molar-refractivity contribution is -0.134. The van der Waals surface area contributed by atoms with Crippen LogP contribution in [0.25, 0.3) is 0 Å². The van der Waals surface area contributed by atoms with Crippen LogP contribution in [-0.2, 0) is 24.4 Å². The van der Waals surface area contributed by atoms with Crippen molar-refractivity contribution in [2.45, 2.75) is 38.5 Å². The van der Waals surface area contributed by atoms with Gasteiger partial charge in [0.15, 0.2) is 0 Å². The Morgan fingerprint density at radius 2 is 2.00 bits per heavy atom. The molecule has 0 saturated heterocycles. The zero-order valence-electron chi connectivity index (χ0n) is 21.5. The van der Waals surface area contributed by atoms with Crippen molar-refractivity contribution >= 4 is 23.2 Å². The highest BCUT2D eigenvalue weighted by molar-refractivity contribution is 7.09. The van der Waals surface area contributed by atoms with E-state index in [4.69, 9.17) is 9.15 Å². The van der Waals surface area contributed by atoms with Gasteiger partial charge in [-0.1, -0.05) is 18.2 Å². The third-order valence-corrected chi connectivity index (χ3v) is 8.02. The minimum absolute atomic E-state index is 0.0915. The second-order valence-corrected chi connectivity index (χ2v) is 11.0. The number of furan rings is 1. The first-order valence-corrected chi connectivity index (χ1v) is 13.9. The molecule has 0 radical (unpaired) electrons. The minimum Gasteiger partial charge on any atom is -0.486 e. The van der Waals surface area contributed by atoms with Gasteiger partial charge >= 0.3 is 0 Å². The number of fused-ring (bicyclic) bond motifs is 1. The summed E-state index contributed by atoms with van der Waals surface area (Å²) in [4.78, 5) is 33.9. The van der Waals surface area contributed by atoms with Crippen LogP contribution in [0.1, 0.15) is 56.8 Å². The van der Waals surface area contributed by atoms with Crippen molar-refractivity contribution in [1.82, 2.24) is 14.8 Å². The van der Waals surface area contributed by atoms with Crippen LogP contribution in [0.15, 0.2) is 70.7 Å². The predicted molar refractivity (Wildman–Crippen MR) is 144 cm³/mol. The van der Waals surface area contributed by atoms with E-state index >= 15 is 0 Å². The molecule has 2 aromatic heterocycles. The van der Waals surface area contributed by atoms with Gasteiger partial charge in [-0.05, 0) is 72.4 Å². The second-order valence-electron chi connectivity index (χ2n) is 10.0. The Bertz CT molecular complexity index is 1480. The Balaban J connectivity index is 1.19. The van der Waals surface area contributed by atoms with E-state index in [2.05, 4.69) is 4.98 Å². The maximum absolute atomic E-state index is 13.7. The molecular weight excluding hydrogens is 517 g/mol. The first kappa shape index (κ1) is 25.3. The summed E-state index contributed by atoms with van der Waals surface area (Å²) in [6, 6.07) is 15.7. The fourth-order valence-electron chi connectivity index (χ4n) is 5.01. The van der Waals surface area contributed by atoms with Crippen LogP contribution in [0.2, 0.25) is 0 Å². The molecule has 1 saturated carbocycles. The first-order chi connectivity index (χ1) is 19.0. The standard InChI is InChI=1S/C30H28FN3O4S/c1-33(16-24-3-2-14-37-24)30(36)26-18-39-27(32-26)17-38-23-11-8-19-12-13-34(29(35)21-4-5-21)28(25(19)15-23)20-6-9-22(31)10-7-20/h2-3,6-11,14-15,18,21,28H,4-5,12-13,16-17H2,1H3/t28-/m1/s1. The second kappa shape index (κ2) is 10.6. The fraction of sp³-hybridized carbons (Fsp3) is 0.300. The molecule has 1 atom stereocenters. The number of halogens is 1. The molecule has 1 aliphatic heterocycles. The molecule has 3 heterocycles. The van der Waals surface area contributed by atoms with Crippen molar-refractivity contribution in [2.24, 2.45) is 5.92 Å². The molecule has 0 unspecified atom stereocenters. The quantitative estimate of drug-likeness (QED) is 0.288. The number of aromatic nitrogens is 1. The van der Waals surface area contributed by atoms with Gasteiger partial charge in [0.25, 0.3) is 5.91 Å². The van der Waals surface area contributed by atoms with E-state index in [-0.39, 0.29) is 36.2 Å². The number of hydrogen-bond acceptors (Lipinski definition) is 6. The average molecular weight is 546 g/mol. The lowest BCUT2D eigenvalue weighted by Crippen LogP contribution is -2.41. The number of thiazole rings is 1. The summed E-state index contributed by atoms with van der Waals surface area (Å²) in [5, 5.41) is 2.42. The normalized spacial score (nSPS) is 16.6. The SMILES string of the molecule is CN(Cc1ccco1)C(=O)c1csc(COc2ccc3c(c2)[C@@H](c2ccc(F)cc2)N(C(=O)C2CC2)CC3)n1. The summed E-state index contributed by atoms with van der Waals surface area (Å²) in [6.45, 7) is 1.21. The van der Waals surface area contributed by atoms with Crippen LogP contribution in [-0.4, -0.2) is 40.2 Å². The maximum Gasteiger partial charge on any atom is 0.273 e. The Labute approximate surface area is 229 Å². The molecule has 2 aliphatic rings. The number of benzene rings is 2. The Kier molecular flexibility index (Phi) is 6.91. The summed E-state index contributed by atoms with van der Waals surface area (Å²) in [5.41, 5.74) is 3.39. The highest BCUT2D eigenvalue weighted by Gasteiger charge is 2.39. The van der Waals surface area contributed by atoms with Gasteiger partial charge in [0.1, 0.15) is 34.6 Å². The molecule has 2 aromatic carbocycles. The summed E-state index contributed by atoms with van der Waals surface area (Å²) < 4.78 is 25.1. The Morgan fingerprint density at radius 1 is 1.18 bits per heavy atom. The summed E-state index contributed by atoms with van der Waals surface area (Å²) in [5.74, 6) is 1.12. The topological polar surface area (TPSA) is 75.9 Å². The average Bonchev–Trinajstić information content (AvgIpc) is 3.47. The molecule has 0 bridgehead atoms. The number of rotatable bonds is 8. The van der Waals surface area contributed by atoms with Gasteiger partial charge in [0.2, 0.25) is 5.91 Å². The number of hydrogen-bond donors (Lipinski definition) is 0. The number of carbonyl (C=O) groups excluding carboxylic acids is 2. The van der Waals surface area contributed by atoms with Crippen LogP contribution in [0.4, 0.5) is 4.39 Å². The van der Waals surface area contributed by atoms with E-state index in [9.17, 15) is 14.0 Å². The zero-order chi connectivity index (χ0) is 26.9. The zero-order valence-corrected chi connectivity index (χ0v) is 22.3. The van der Waals surface area contributed by atoms with Crippen molar-refractivity contribution < 1.29 is 23.1 Å². The molecule has 0 N–H and O–H groups in total. The fourth-order valence-corrected chi connectivity index (χ4v) is 5.69. The molecule has 1 fully saturated rings. The van der Waals surface area contributed by atoms with Gasteiger partial charge in [0.05, 0.1) is 18.8 Å². The van der Waals surface area contributed by atoms with Gasteiger partial charge in [-0.3, -0.25) is 9.59 Å². The Morgan fingerprint density at radius 3 is 2.74 bits per heavy atom. The third kappa shape index (κ3) is 5.45. The number of carbonyl (C=O) groups is 2. The van der Waals surface area contributed by atoms with Crippen LogP contribution < -0.4 is 4.74 Å². The summed E-state index contributed by atoms with van der Waals surface area (Å²) in [7, 11) is 1.71. The van der Waals surface area contributed by atoms with Crippen molar-refractivity contribution in [1.29, 1.82) is 0 Å². The first-order valence-electron chi connectivity index (χ1n) is 13.0. The predicted octanol–water partition coefficient (Wildman–Crippen LogP) is 5.61. The van der Waals surface area contributed by atoms with E-state index < -0.39 is 0 Å². The molecular formula is C30H28FN3O4S. The maximum atomic E-state index is 13.7. The van der Waals surface area contributed by atoms with Crippen molar-refractivity contribution in [2.75, 3.05) is 13.6 Å². The van der Waals surface area contributed by atoms with Crippen LogP contribution in [0.5, 0.6) is 5.75 Å². The molecule has 9 heteroatoms. The van der Waals surface area contributed by atoms with E-state index in [1.165, 1.54) is 23.5 Å². The number of nitrogens with zero attached hydrogens (tertiary/aromatic N) is 3. The van der Waals surface area contributed by atoms with Crippen molar-refractivity contribution in [3.05, 3.63) is 105 Å². The monoisotopic (exact) mass is 545 g/mol. The van der Waals surface area contributed by atoms with Gasteiger partial charge in [-0.2, -0.15) is 0 Å². The minimum atomic E-state index is -0.305. The molecule has 4 aromatic rings. The molecule has 6 rings (SSSR count). The van der Waals surface area contributed by atoms with Crippen LogP contribution in [0.3, 0.4) is 0 Å². The van der Waals surface area contributed by atoms with E-state index in [0.29, 0.717) is 35.3 Å². The van der Waals surface area contributed by atoms with Gasteiger partial charge in [0, 0.05) is 24.9 Å². The lowest BCUT2D eigenvalue weighted by Gasteiger charge is -2.38. The molecule has 200 valence electrons.